The van der Waals surface area contributed by atoms with Crippen LogP contribution in [0, 0.1) is 23.5 Å². The molecule has 0 aromatic heterocycles. The van der Waals surface area contributed by atoms with Crippen molar-refractivity contribution >= 4 is 15.9 Å². The number of carbonyl (C=O) groups excluding carboxylic acids is 1. The third-order valence-corrected chi connectivity index (χ3v) is 5.33. The number of rotatable bonds is 3. The van der Waals surface area contributed by atoms with Gasteiger partial charge in [0.1, 0.15) is 4.90 Å². The predicted molar refractivity (Wildman–Crippen MR) is 67.0 cm³/mol. The number of amides is 1. The summed E-state index contributed by atoms with van der Waals surface area (Å²) in [5.41, 5.74) is 5.19. The van der Waals surface area contributed by atoms with Crippen LogP contribution in [0.3, 0.4) is 0 Å². The van der Waals surface area contributed by atoms with Crippen molar-refractivity contribution in [1.29, 1.82) is 0 Å². The average molecular weight is 304 g/mol. The first-order valence-electron chi connectivity index (χ1n) is 5.98. The minimum absolute atomic E-state index is 0.0475. The normalized spacial score (nSPS) is 23.9. The summed E-state index contributed by atoms with van der Waals surface area (Å²) in [6, 6.07) is 2.96. The molecular weight excluding hydrogens is 290 g/mol. The molecule has 0 unspecified atom stereocenters. The van der Waals surface area contributed by atoms with E-state index in [2.05, 4.69) is 0 Å². The van der Waals surface area contributed by atoms with Gasteiger partial charge in [-0.05, 0) is 18.1 Å². The van der Waals surface area contributed by atoms with E-state index in [-0.39, 0.29) is 19.0 Å². The van der Waals surface area contributed by atoms with E-state index < -0.39 is 38.4 Å². The second kappa shape index (κ2) is 5.10. The Labute approximate surface area is 115 Å². The van der Waals surface area contributed by atoms with E-state index in [0.717, 1.165) is 22.5 Å². The van der Waals surface area contributed by atoms with Gasteiger partial charge in [0.15, 0.2) is 11.6 Å². The molecule has 1 aromatic rings. The standard InChI is InChI=1S/C12H14F2N2O3S/c1-7-5-16(6-8(7)12(15)17)20(18,19)10-4-2-3-9(13)11(10)14/h2-4,7-8H,5-6H2,1H3,(H2,15,17)/t7-,8-/m1/s1. The highest BCUT2D eigenvalue weighted by atomic mass is 32.2. The lowest BCUT2D eigenvalue weighted by Gasteiger charge is -2.16. The lowest BCUT2D eigenvalue weighted by Crippen LogP contribution is -2.32. The molecule has 0 aliphatic carbocycles. The van der Waals surface area contributed by atoms with Crippen LogP contribution in [0.1, 0.15) is 6.92 Å². The molecule has 1 amide bonds. The zero-order valence-electron chi connectivity index (χ0n) is 10.7. The summed E-state index contributed by atoms with van der Waals surface area (Å²) in [5.74, 6) is -4.14. The van der Waals surface area contributed by atoms with E-state index in [0.29, 0.717) is 0 Å². The molecule has 1 aromatic carbocycles. The highest BCUT2D eigenvalue weighted by Crippen LogP contribution is 2.29. The summed E-state index contributed by atoms with van der Waals surface area (Å²) in [7, 11) is -4.18. The first-order valence-corrected chi connectivity index (χ1v) is 7.42. The molecule has 2 rings (SSSR count). The van der Waals surface area contributed by atoms with E-state index >= 15 is 0 Å². The Hall–Kier alpha value is -1.54. The van der Waals surface area contributed by atoms with Crippen molar-refractivity contribution in [3.05, 3.63) is 29.8 Å². The van der Waals surface area contributed by atoms with Crippen LogP contribution in [0.25, 0.3) is 0 Å². The van der Waals surface area contributed by atoms with Crippen molar-refractivity contribution in [3.63, 3.8) is 0 Å². The second-order valence-corrected chi connectivity index (χ2v) is 6.77. The Morgan fingerprint density at radius 3 is 2.55 bits per heavy atom. The quantitative estimate of drug-likeness (QED) is 0.893. The van der Waals surface area contributed by atoms with Crippen molar-refractivity contribution in [2.75, 3.05) is 13.1 Å². The zero-order valence-corrected chi connectivity index (χ0v) is 11.5. The number of nitrogens with two attached hydrogens (primary N) is 1. The van der Waals surface area contributed by atoms with E-state index in [1.807, 2.05) is 0 Å². The maximum Gasteiger partial charge on any atom is 0.246 e. The maximum atomic E-state index is 13.6. The van der Waals surface area contributed by atoms with Gasteiger partial charge in [0.25, 0.3) is 0 Å². The smallest absolute Gasteiger partial charge is 0.246 e. The van der Waals surface area contributed by atoms with Crippen LogP contribution in [0.15, 0.2) is 23.1 Å². The topological polar surface area (TPSA) is 80.5 Å². The first-order chi connectivity index (χ1) is 9.25. The van der Waals surface area contributed by atoms with Crippen molar-refractivity contribution < 1.29 is 22.0 Å². The van der Waals surface area contributed by atoms with Gasteiger partial charge in [-0.25, -0.2) is 17.2 Å². The molecular formula is C12H14F2N2O3S. The SMILES string of the molecule is C[C@@H]1CN(S(=O)(=O)c2cccc(F)c2F)C[C@H]1C(N)=O. The minimum atomic E-state index is -4.18. The summed E-state index contributed by atoms with van der Waals surface area (Å²) in [6.45, 7) is 1.62. The number of hydrogen-bond donors (Lipinski definition) is 1. The zero-order chi connectivity index (χ0) is 15.1. The molecule has 20 heavy (non-hydrogen) atoms. The Bertz CT molecular complexity index is 648. The molecule has 2 N–H and O–H groups in total. The Balaban J connectivity index is 2.38. The molecule has 110 valence electrons. The number of nitrogens with zero attached hydrogens (tertiary/aromatic N) is 1. The predicted octanol–water partition coefficient (Wildman–Crippen LogP) is 0.707. The summed E-state index contributed by atoms with van der Waals surface area (Å²) in [4.78, 5) is 10.5. The van der Waals surface area contributed by atoms with Gasteiger partial charge in [0.2, 0.25) is 15.9 Å². The van der Waals surface area contributed by atoms with E-state index in [4.69, 9.17) is 5.73 Å². The molecule has 5 nitrogen and oxygen atoms in total. The Kier molecular flexibility index (Phi) is 3.79. The Morgan fingerprint density at radius 1 is 1.35 bits per heavy atom. The molecule has 1 saturated heterocycles. The van der Waals surface area contributed by atoms with Crippen LogP contribution in [0.2, 0.25) is 0 Å². The van der Waals surface area contributed by atoms with Crippen molar-refractivity contribution in [1.82, 2.24) is 4.31 Å². The highest BCUT2D eigenvalue weighted by molar-refractivity contribution is 7.89. The van der Waals surface area contributed by atoms with Crippen LogP contribution >= 0.6 is 0 Å². The van der Waals surface area contributed by atoms with E-state index in [1.165, 1.54) is 0 Å². The fourth-order valence-corrected chi connectivity index (χ4v) is 3.95. The average Bonchev–Trinajstić information content (AvgIpc) is 2.75. The molecule has 1 heterocycles. The van der Waals surface area contributed by atoms with Crippen LogP contribution in [0.4, 0.5) is 8.78 Å². The summed E-state index contributed by atoms with van der Waals surface area (Å²) in [6.07, 6.45) is 0. The number of carbonyl (C=O) groups is 1. The first kappa shape index (κ1) is 14.9. The van der Waals surface area contributed by atoms with E-state index in [9.17, 15) is 22.0 Å². The van der Waals surface area contributed by atoms with Gasteiger partial charge >= 0.3 is 0 Å². The van der Waals surface area contributed by atoms with Gasteiger partial charge < -0.3 is 5.73 Å². The molecule has 1 aliphatic heterocycles. The highest BCUT2D eigenvalue weighted by Gasteiger charge is 2.40. The third-order valence-electron chi connectivity index (χ3n) is 3.48. The van der Waals surface area contributed by atoms with Crippen LogP contribution in [-0.4, -0.2) is 31.7 Å². The summed E-state index contributed by atoms with van der Waals surface area (Å²) >= 11 is 0. The number of benzene rings is 1. The minimum Gasteiger partial charge on any atom is -0.369 e. The fourth-order valence-electron chi connectivity index (χ4n) is 2.31. The maximum absolute atomic E-state index is 13.6. The van der Waals surface area contributed by atoms with Crippen molar-refractivity contribution in [2.45, 2.75) is 11.8 Å². The van der Waals surface area contributed by atoms with Gasteiger partial charge in [-0.3, -0.25) is 4.79 Å². The van der Waals surface area contributed by atoms with Gasteiger partial charge in [-0.15, -0.1) is 0 Å². The molecule has 2 atom stereocenters. The van der Waals surface area contributed by atoms with Crippen molar-refractivity contribution in [3.8, 4) is 0 Å². The number of primary amides is 1. The van der Waals surface area contributed by atoms with Gasteiger partial charge in [0, 0.05) is 13.1 Å². The van der Waals surface area contributed by atoms with Crippen LogP contribution < -0.4 is 5.73 Å². The number of hydrogen-bond acceptors (Lipinski definition) is 3. The molecule has 0 bridgehead atoms. The van der Waals surface area contributed by atoms with Crippen molar-refractivity contribution in [2.24, 2.45) is 17.6 Å². The molecule has 1 fully saturated rings. The Morgan fingerprint density at radius 2 is 2.00 bits per heavy atom. The van der Waals surface area contributed by atoms with Crippen LogP contribution in [0.5, 0.6) is 0 Å². The second-order valence-electron chi connectivity index (χ2n) is 4.86. The summed E-state index contributed by atoms with van der Waals surface area (Å²) < 4.78 is 52.3. The third kappa shape index (κ3) is 2.40. The molecule has 1 aliphatic rings. The number of sulfonamides is 1. The lowest BCUT2D eigenvalue weighted by molar-refractivity contribution is -0.122. The molecule has 0 radical (unpaired) electrons. The van der Waals surface area contributed by atoms with Gasteiger partial charge in [-0.1, -0.05) is 13.0 Å². The molecule has 0 spiro atoms. The molecule has 0 saturated carbocycles. The van der Waals surface area contributed by atoms with E-state index in [1.54, 1.807) is 6.92 Å². The summed E-state index contributed by atoms with van der Waals surface area (Å²) in [5, 5.41) is 0. The van der Waals surface area contributed by atoms with Gasteiger partial charge in [0.05, 0.1) is 5.92 Å². The monoisotopic (exact) mass is 304 g/mol. The number of halogens is 2. The lowest BCUT2D eigenvalue weighted by atomic mass is 9.98. The van der Waals surface area contributed by atoms with Gasteiger partial charge in [-0.2, -0.15) is 4.31 Å². The largest absolute Gasteiger partial charge is 0.369 e. The molecule has 8 heteroatoms. The fraction of sp³-hybridized carbons (Fsp3) is 0.417. The van der Waals surface area contributed by atoms with Crippen LogP contribution in [-0.2, 0) is 14.8 Å².